The molecule has 1 aliphatic rings. The average Bonchev–Trinajstić information content (AvgIpc) is 2.91. The zero-order chi connectivity index (χ0) is 26.0. The molecule has 3 aromatic rings. The highest BCUT2D eigenvalue weighted by Crippen LogP contribution is 2.21. The summed E-state index contributed by atoms with van der Waals surface area (Å²) >= 11 is 0. The van der Waals surface area contributed by atoms with E-state index in [2.05, 4.69) is 22.8 Å². The van der Waals surface area contributed by atoms with Gasteiger partial charge in [0.15, 0.2) is 0 Å². The Labute approximate surface area is 217 Å². The molecule has 3 amide bonds. The molecule has 0 unspecified atom stereocenters. The van der Waals surface area contributed by atoms with E-state index < -0.39 is 0 Å². The van der Waals surface area contributed by atoms with Gasteiger partial charge in [0, 0.05) is 26.1 Å². The number of hydrogen-bond donors (Lipinski definition) is 2. The molecular formula is C30H33N3O4. The van der Waals surface area contributed by atoms with Gasteiger partial charge in [0.1, 0.15) is 12.4 Å². The van der Waals surface area contributed by atoms with Crippen LogP contribution in [-0.2, 0) is 16.0 Å². The summed E-state index contributed by atoms with van der Waals surface area (Å²) in [5, 5.41) is 5.76. The molecule has 0 saturated carbocycles. The zero-order valence-corrected chi connectivity index (χ0v) is 21.2. The van der Waals surface area contributed by atoms with Crippen molar-refractivity contribution in [2.75, 3.05) is 32.8 Å². The second-order valence-electron chi connectivity index (χ2n) is 9.18. The van der Waals surface area contributed by atoms with Crippen LogP contribution in [0.3, 0.4) is 0 Å². The molecule has 0 atom stereocenters. The molecule has 1 heterocycles. The molecule has 0 aliphatic carbocycles. The third-order valence-electron chi connectivity index (χ3n) is 6.33. The minimum atomic E-state index is -0.249. The lowest BCUT2D eigenvalue weighted by Gasteiger charge is -2.23. The van der Waals surface area contributed by atoms with Crippen LogP contribution < -0.4 is 15.4 Å². The van der Waals surface area contributed by atoms with Gasteiger partial charge in [0.25, 0.3) is 5.91 Å². The smallest absolute Gasteiger partial charge is 0.255 e. The van der Waals surface area contributed by atoms with E-state index in [4.69, 9.17) is 4.74 Å². The normalized spacial score (nSPS) is 15.3. The van der Waals surface area contributed by atoms with Crippen molar-refractivity contribution in [1.29, 1.82) is 0 Å². The van der Waals surface area contributed by atoms with Crippen LogP contribution in [0.2, 0.25) is 0 Å². The van der Waals surface area contributed by atoms with Crippen molar-refractivity contribution in [3.05, 3.63) is 89.5 Å². The van der Waals surface area contributed by atoms with E-state index in [-0.39, 0.29) is 30.7 Å². The summed E-state index contributed by atoms with van der Waals surface area (Å²) < 4.78 is 5.76. The fraction of sp³-hybridized carbons (Fsp3) is 0.300. The second kappa shape index (κ2) is 12.7. The summed E-state index contributed by atoms with van der Waals surface area (Å²) in [6.07, 6.45) is 1.11. The van der Waals surface area contributed by atoms with E-state index in [9.17, 15) is 14.4 Å². The summed E-state index contributed by atoms with van der Waals surface area (Å²) in [5.41, 5.74) is 4.53. The van der Waals surface area contributed by atoms with Crippen molar-refractivity contribution in [1.82, 2.24) is 15.5 Å². The molecule has 4 rings (SSSR count). The van der Waals surface area contributed by atoms with Gasteiger partial charge in [0.2, 0.25) is 11.8 Å². The van der Waals surface area contributed by atoms with E-state index in [0.29, 0.717) is 50.3 Å². The van der Waals surface area contributed by atoms with Crippen molar-refractivity contribution in [3.8, 4) is 16.9 Å². The van der Waals surface area contributed by atoms with Crippen LogP contribution in [0.15, 0.2) is 72.8 Å². The fourth-order valence-corrected chi connectivity index (χ4v) is 4.31. The SMILES string of the molecule is Cc1ccc2c(c1)C(=O)NCCN(C(=O)Cc1ccc(-c3ccccc3)cc1)CCCC(=O)NCCO2. The van der Waals surface area contributed by atoms with Gasteiger partial charge >= 0.3 is 0 Å². The molecule has 192 valence electrons. The van der Waals surface area contributed by atoms with Crippen molar-refractivity contribution < 1.29 is 19.1 Å². The first-order valence-electron chi connectivity index (χ1n) is 12.7. The van der Waals surface area contributed by atoms with Gasteiger partial charge in [0.05, 0.1) is 18.5 Å². The van der Waals surface area contributed by atoms with Crippen LogP contribution >= 0.6 is 0 Å². The summed E-state index contributed by atoms with van der Waals surface area (Å²) in [7, 11) is 0. The molecule has 0 saturated heterocycles. The third-order valence-corrected chi connectivity index (χ3v) is 6.33. The molecule has 7 nitrogen and oxygen atoms in total. The monoisotopic (exact) mass is 499 g/mol. The largest absolute Gasteiger partial charge is 0.491 e. The van der Waals surface area contributed by atoms with Crippen LogP contribution in [-0.4, -0.2) is 55.4 Å². The van der Waals surface area contributed by atoms with Crippen molar-refractivity contribution >= 4 is 17.7 Å². The highest BCUT2D eigenvalue weighted by Gasteiger charge is 2.18. The van der Waals surface area contributed by atoms with Gasteiger partial charge in [-0.25, -0.2) is 0 Å². The molecule has 0 aromatic heterocycles. The number of nitrogens with zero attached hydrogens (tertiary/aromatic N) is 1. The number of benzene rings is 3. The molecular weight excluding hydrogens is 466 g/mol. The van der Waals surface area contributed by atoms with Gasteiger partial charge in [-0.2, -0.15) is 0 Å². The molecule has 0 spiro atoms. The Morgan fingerprint density at radius 1 is 0.892 bits per heavy atom. The number of hydrogen-bond acceptors (Lipinski definition) is 4. The number of carbonyl (C=O) groups is 3. The highest BCUT2D eigenvalue weighted by atomic mass is 16.5. The first-order valence-corrected chi connectivity index (χ1v) is 12.7. The Morgan fingerprint density at radius 2 is 1.65 bits per heavy atom. The number of fused-ring (bicyclic) bond motifs is 1. The number of ether oxygens (including phenoxy) is 1. The van der Waals surface area contributed by atoms with Crippen molar-refractivity contribution in [2.24, 2.45) is 0 Å². The second-order valence-corrected chi connectivity index (χ2v) is 9.18. The third kappa shape index (κ3) is 7.43. The lowest BCUT2D eigenvalue weighted by Crippen LogP contribution is -2.40. The van der Waals surface area contributed by atoms with E-state index in [0.717, 1.165) is 22.3 Å². The maximum Gasteiger partial charge on any atom is 0.255 e. The molecule has 1 aliphatic heterocycles. The molecule has 7 heteroatoms. The molecule has 37 heavy (non-hydrogen) atoms. The highest BCUT2D eigenvalue weighted by molar-refractivity contribution is 5.97. The molecule has 2 N–H and O–H groups in total. The summed E-state index contributed by atoms with van der Waals surface area (Å²) in [6, 6.07) is 23.5. The summed E-state index contributed by atoms with van der Waals surface area (Å²) in [5.74, 6) is 0.104. The minimum absolute atomic E-state index is 0.0361. The van der Waals surface area contributed by atoms with Crippen LogP contribution in [0.25, 0.3) is 11.1 Å². The molecule has 0 radical (unpaired) electrons. The first kappa shape index (κ1) is 25.9. The van der Waals surface area contributed by atoms with Crippen LogP contribution in [0.5, 0.6) is 5.75 Å². The molecule has 3 aromatic carbocycles. The predicted octanol–water partition coefficient (Wildman–Crippen LogP) is 3.75. The van der Waals surface area contributed by atoms with E-state index in [1.807, 2.05) is 55.5 Å². The standard InChI is InChI=1S/C30H33N3O4/c1-22-9-14-27-26(20-22)30(36)32-15-18-33(17-5-8-28(34)31-16-19-37-27)29(35)21-23-10-12-25(13-11-23)24-6-3-2-4-7-24/h2-4,6-7,9-14,20H,5,8,15-19,21H2,1H3,(H,31,34)(H,32,36). The predicted molar refractivity (Wildman–Crippen MR) is 143 cm³/mol. The Bertz CT molecular complexity index is 1230. The molecule has 0 fully saturated rings. The maximum absolute atomic E-state index is 13.2. The number of nitrogens with one attached hydrogen (secondary N) is 2. The van der Waals surface area contributed by atoms with Crippen molar-refractivity contribution in [3.63, 3.8) is 0 Å². The van der Waals surface area contributed by atoms with Gasteiger partial charge in [-0.15, -0.1) is 0 Å². The minimum Gasteiger partial charge on any atom is -0.491 e. The van der Waals surface area contributed by atoms with Gasteiger partial charge in [-0.1, -0.05) is 66.2 Å². The lowest BCUT2D eigenvalue weighted by atomic mass is 10.0. The fourth-order valence-electron chi connectivity index (χ4n) is 4.31. The van der Waals surface area contributed by atoms with E-state index in [1.165, 1.54) is 0 Å². The lowest BCUT2D eigenvalue weighted by molar-refractivity contribution is -0.131. The zero-order valence-electron chi connectivity index (χ0n) is 21.2. The van der Waals surface area contributed by atoms with Gasteiger partial charge in [-0.05, 0) is 42.2 Å². The van der Waals surface area contributed by atoms with Crippen LogP contribution in [0.4, 0.5) is 0 Å². The maximum atomic E-state index is 13.2. The average molecular weight is 500 g/mol. The van der Waals surface area contributed by atoms with E-state index in [1.54, 1.807) is 17.0 Å². The van der Waals surface area contributed by atoms with Crippen molar-refractivity contribution in [2.45, 2.75) is 26.2 Å². The number of amides is 3. The topological polar surface area (TPSA) is 87.7 Å². The summed E-state index contributed by atoms with van der Waals surface area (Å²) in [4.78, 5) is 40.1. The summed E-state index contributed by atoms with van der Waals surface area (Å²) in [6.45, 7) is 3.62. The van der Waals surface area contributed by atoms with Crippen LogP contribution in [0, 0.1) is 6.92 Å². The first-order chi connectivity index (χ1) is 18.0. The van der Waals surface area contributed by atoms with Crippen LogP contribution in [0.1, 0.15) is 34.3 Å². The number of aryl methyl sites for hydroxylation is 1. The van der Waals surface area contributed by atoms with Gasteiger partial charge in [-0.3, -0.25) is 14.4 Å². The Balaban J connectivity index is 1.43. The molecule has 0 bridgehead atoms. The number of carbonyl (C=O) groups excluding carboxylic acids is 3. The quantitative estimate of drug-likeness (QED) is 0.575. The van der Waals surface area contributed by atoms with E-state index >= 15 is 0 Å². The van der Waals surface area contributed by atoms with Gasteiger partial charge < -0.3 is 20.3 Å². The Morgan fingerprint density at radius 3 is 2.43 bits per heavy atom. The number of rotatable bonds is 3. The Hall–Kier alpha value is -4.13. The Kier molecular flexibility index (Phi) is 8.92.